The molecular weight excluding hydrogens is 198 g/mol. The third kappa shape index (κ3) is 4.49. The molecular formula is C11H16ClNO. The minimum atomic E-state index is 0.668. The van der Waals surface area contributed by atoms with Crippen LogP contribution in [0.2, 0.25) is 0 Å². The largest absolute Gasteiger partial charge is 0.492 e. The van der Waals surface area contributed by atoms with Gasteiger partial charge in [-0.05, 0) is 19.2 Å². The molecule has 1 aromatic carbocycles. The zero-order valence-electron chi connectivity index (χ0n) is 8.45. The SMILES string of the molecule is CN(CCCl)CCOc1ccccc1. The minimum Gasteiger partial charge on any atom is -0.492 e. The number of halogens is 1. The second-order valence-electron chi connectivity index (χ2n) is 3.15. The number of likely N-dealkylation sites (N-methyl/N-ethyl adjacent to an activating group) is 1. The van der Waals surface area contributed by atoms with E-state index in [0.717, 1.165) is 18.8 Å². The molecule has 0 saturated carbocycles. The van der Waals surface area contributed by atoms with Crippen LogP contribution >= 0.6 is 11.6 Å². The van der Waals surface area contributed by atoms with E-state index < -0.39 is 0 Å². The van der Waals surface area contributed by atoms with E-state index in [4.69, 9.17) is 16.3 Å². The van der Waals surface area contributed by atoms with Crippen LogP contribution < -0.4 is 4.74 Å². The van der Waals surface area contributed by atoms with Crippen LogP contribution in [-0.2, 0) is 0 Å². The Hall–Kier alpha value is -0.730. The summed E-state index contributed by atoms with van der Waals surface area (Å²) in [7, 11) is 2.04. The summed E-state index contributed by atoms with van der Waals surface area (Å²) in [4.78, 5) is 2.15. The third-order valence-corrected chi connectivity index (χ3v) is 2.12. The van der Waals surface area contributed by atoms with E-state index in [2.05, 4.69) is 4.90 Å². The Morgan fingerprint density at radius 1 is 1.21 bits per heavy atom. The predicted octanol–water partition coefficient (Wildman–Crippen LogP) is 2.24. The number of ether oxygens (including phenoxy) is 1. The topological polar surface area (TPSA) is 12.5 Å². The first-order valence-electron chi connectivity index (χ1n) is 4.75. The van der Waals surface area contributed by atoms with Crippen LogP contribution in [0.3, 0.4) is 0 Å². The molecule has 14 heavy (non-hydrogen) atoms. The molecule has 3 heteroatoms. The van der Waals surface area contributed by atoms with Crippen molar-refractivity contribution in [2.24, 2.45) is 0 Å². The molecule has 0 amide bonds. The maximum atomic E-state index is 5.61. The van der Waals surface area contributed by atoms with Crippen LogP contribution in [0, 0.1) is 0 Å². The smallest absolute Gasteiger partial charge is 0.119 e. The van der Waals surface area contributed by atoms with Crippen molar-refractivity contribution < 1.29 is 4.74 Å². The fourth-order valence-electron chi connectivity index (χ4n) is 1.09. The normalized spacial score (nSPS) is 10.5. The Labute approximate surface area is 90.4 Å². The van der Waals surface area contributed by atoms with Crippen molar-refractivity contribution in [1.29, 1.82) is 0 Å². The molecule has 0 aliphatic rings. The van der Waals surface area contributed by atoms with Crippen LogP contribution in [-0.4, -0.2) is 37.5 Å². The van der Waals surface area contributed by atoms with E-state index in [0.29, 0.717) is 12.5 Å². The van der Waals surface area contributed by atoms with Crippen molar-refractivity contribution in [1.82, 2.24) is 4.90 Å². The Bertz CT molecular complexity index is 240. The monoisotopic (exact) mass is 213 g/mol. The quantitative estimate of drug-likeness (QED) is 0.672. The molecule has 1 rings (SSSR count). The molecule has 0 saturated heterocycles. The van der Waals surface area contributed by atoms with Gasteiger partial charge >= 0.3 is 0 Å². The maximum absolute atomic E-state index is 5.61. The minimum absolute atomic E-state index is 0.668. The lowest BCUT2D eigenvalue weighted by molar-refractivity contribution is 0.244. The van der Waals surface area contributed by atoms with Gasteiger partial charge in [-0.15, -0.1) is 11.6 Å². The number of rotatable bonds is 6. The molecule has 0 N–H and O–H groups in total. The third-order valence-electron chi connectivity index (χ3n) is 1.95. The van der Waals surface area contributed by atoms with Crippen molar-refractivity contribution in [3.63, 3.8) is 0 Å². The first-order valence-corrected chi connectivity index (χ1v) is 5.28. The number of nitrogens with zero attached hydrogens (tertiary/aromatic N) is 1. The molecule has 0 spiro atoms. The average molecular weight is 214 g/mol. The molecule has 0 aliphatic carbocycles. The molecule has 0 bridgehead atoms. The second-order valence-corrected chi connectivity index (χ2v) is 3.53. The summed E-state index contributed by atoms with van der Waals surface area (Å²) in [5, 5.41) is 0. The van der Waals surface area contributed by atoms with Crippen molar-refractivity contribution in [3.8, 4) is 5.75 Å². The Balaban J connectivity index is 2.16. The molecule has 0 fully saturated rings. The summed E-state index contributed by atoms with van der Waals surface area (Å²) >= 11 is 5.61. The number of para-hydroxylation sites is 1. The molecule has 1 aromatic rings. The number of hydrogen-bond acceptors (Lipinski definition) is 2. The highest BCUT2D eigenvalue weighted by Crippen LogP contribution is 2.07. The summed E-state index contributed by atoms with van der Waals surface area (Å²) < 4.78 is 5.54. The van der Waals surface area contributed by atoms with Gasteiger partial charge in [0.15, 0.2) is 0 Å². The molecule has 0 aromatic heterocycles. The van der Waals surface area contributed by atoms with E-state index in [9.17, 15) is 0 Å². The van der Waals surface area contributed by atoms with E-state index in [1.807, 2.05) is 37.4 Å². The van der Waals surface area contributed by atoms with Gasteiger partial charge in [0.1, 0.15) is 12.4 Å². The fourth-order valence-corrected chi connectivity index (χ4v) is 1.38. The standard InChI is InChI=1S/C11H16ClNO/c1-13(8-7-12)9-10-14-11-5-3-2-4-6-11/h2-6H,7-10H2,1H3. The highest BCUT2D eigenvalue weighted by Gasteiger charge is 1.97. The van der Waals surface area contributed by atoms with E-state index in [1.165, 1.54) is 0 Å². The van der Waals surface area contributed by atoms with Crippen LogP contribution in [0.4, 0.5) is 0 Å². The first-order chi connectivity index (χ1) is 6.83. The zero-order valence-corrected chi connectivity index (χ0v) is 9.20. The van der Waals surface area contributed by atoms with Gasteiger partial charge in [-0.1, -0.05) is 18.2 Å². The summed E-state index contributed by atoms with van der Waals surface area (Å²) in [5.74, 6) is 1.59. The van der Waals surface area contributed by atoms with Crippen molar-refractivity contribution in [2.45, 2.75) is 0 Å². The Morgan fingerprint density at radius 2 is 1.93 bits per heavy atom. The summed E-state index contributed by atoms with van der Waals surface area (Å²) in [6.07, 6.45) is 0. The van der Waals surface area contributed by atoms with Crippen LogP contribution in [0.15, 0.2) is 30.3 Å². The zero-order chi connectivity index (χ0) is 10.2. The van der Waals surface area contributed by atoms with Gasteiger partial charge in [-0.25, -0.2) is 0 Å². The predicted molar refractivity (Wildman–Crippen MR) is 60.2 cm³/mol. The van der Waals surface area contributed by atoms with Crippen LogP contribution in [0.1, 0.15) is 0 Å². The number of hydrogen-bond donors (Lipinski definition) is 0. The van der Waals surface area contributed by atoms with Crippen molar-refractivity contribution in [3.05, 3.63) is 30.3 Å². The van der Waals surface area contributed by atoms with Gasteiger partial charge in [0.05, 0.1) is 0 Å². The molecule has 78 valence electrons. The second kappa shape index (κ2) is 6.68. The van der Waals surface area contributed by atoms with Gasteiger partial charge in [0.25, 0.3) is 0 Å². The van der Waals surface area contributed by atoms with Crippen LogP contribution in [0.5, 0.6) is 5.75 Å². The first kappa shape index (κ1) is 11.3. The van der Waals surface area contributed by atoms with Crippen molar-refractivity contribution in [2.75, 3.05) is 32.6 Å². The fraction of sp³-hybridized carbons (Fsp3) is 0.455. The Kier molecular flexibility index (Phi) is 5.42. The highest BCUT2D eigenvalue weighted by molar-refractivity contribution is 6.18. The summed E-state index contributed by atoms with van der Waals surface area (Å²) in [5.41, 5.74) is 0. The molecule has 0 heterocycles. The van der Waals surface area contributed by atoms with Gasteiger partial charge in [0, 0.05) is 19.0 Å². The van der Waals surface area contributed by atoms with E-state index >= 15 is 0 Å². The summed E-state index contributed by atoms with van der Waals surface area (Å²) in [6.45, 7) is 2.51. The molecule has 0 aliphatic heterocycles. The lowest BCUT2D eigenvalue weighted by Gasteiger charge is -2.15. The average Bonchev–Trinajstić information content (AvgIpc) is 2.20. The highest BCUT2D eigenvalue weighted by atomic mass is 35.5. The maximum Gasteiger partial charge on any atom is 0.119 e. The van der Waals surface area contributed by atoms with Gasteiger partial charge in [-0.2, -0.15) is 0 Å². The van der Waals surface area contributed by atoms with Crippen molar-refractivity contribution >= 4 is 11.6 Å². The summed E-state index contributed by atoms with van der Waals surface area (Å²) in [6, 6.07) is 9.84. The lowest BCUT2D eigenvalue weighted by atomic mass is 10.3. The lowest BCUT2D eigenvalue weighted by Crippen LogP contribution is -2.26. The van der Waals surface area contributed by atoms with Crippen LogP contribution in [0.25, 0.3) is 0 Å². The van der Waals surface area contributed by atoms with E-state index in [-0.39, 0.29) is 0 Å². The molecule has 0 atom stereocenters. The molecule has 0 unspecified atom stereocenters. The van der Waals surface area contributed by atoms with E-state index in [1.54, 1.807) is 0 Å². The van der Waals surface area contributed by atoms with Gasteiger partial charge < -0.3 is 9.64 Å². The number of benzene rings is 1. The molecule has 2 nitrogen and oxygen atoms in total. The Morgan fingerprint density at radius 3 is 2.57 bits per heavy atom. The number of alkyl halides is 1. The van der Waals surface area contributed by atoms with Gasteiger partial charge in [0.2, 0.25) is 0 Å². The molecule has 0 radical (unpaired) electrons. The van der Waals surface area contributed by atoms with Gasteiger partial charge in [-0.3, -0.25) is 0 Å².